The Hall–Kier alpha value is -2.22. The molecule has 7 heteroatoms. The molecule has 33 heavy (non-hydrogen) atoms. The molecule has 0 aromatic heterocycles. The van der Waals surface area contributed by atoms with Crippen molar-refractivity contribution in [3.05, 3.63) is 71.8 Å². The minimum atomic E-state index is -3.26. The van der Waals surface area contributed by atoms with Crippen molar-refractivity contribution in [1.29, 1.82) is 0 Å². The second-order valence-electron chi connectivity index (χ2n) is 9.17. The van der Waals surface area contributed by atoms with E-state index in [1.54, 1.807) is 4.31 Å². The highest BCUT2D eigenvalue weighted by Gasteiger charge is 2.33. The number of carbonyl (C=O) groups excluding carboxylic acids is 1. The van der Waals surface area contributed by atoms with Gasteiger partial charge in [-0.2, -0.15) is 0 Å². The number of amides is 1. The van der Waals surface area contributed by atoms with Gasteiger partial charge in [-0.05, 0) is 36.8 Å². The van der Waals surface area contributed by atoms with Gasteiger partial charge in [-0.1, -0.05) is 60.7 Å². The van der Waals surface area contributed by atoms with Crippen LogP contribution in [0.2, 0.25) is 0 Å². The van der Waals surface area contributed by atoms with Gasteiger partial charge in [0, 0.05) is 51.7 Å². The number of sulfonamides is 1. The first-order valence-corrected chi connectivity index (χ1v) is 13.7. The van der Waals surface area contributed by atoms with Crippen LogP contribution in [0.4, 0.5) is 0 Å². The average Bonchev–Trinajstić information content (AvgIpc) is 2.85. The maximum absolute atomic E-state index is 13.0. The lowest BCUT2D eigenvalue weighted by atomic mass is 9.96. The fourth-order valence-corrected chi connectivity index (χ4v) is 6.37. The van der Waals surface area contributed by atoms with Crippen molar-refractivity contribution < 1.29 is 13.2 Å². The van der Waals surface area contributed by atoms with Crippen LogP contribution in [0.5, 0.6) is 0 Å². The topological polar surface area (TPSA) is 60.9 Å². The maximum Gasteiger partial charge on any atom is 0.225 e. The quantitative estimate of drug-likeness (QED) is 0.596. The number of carbonyl (C=O) groups is 1. The lowest BCUT2D eigenvalue weighted by molar-refractivity contribution is -0.138. The standard InChI is InChI=1S/C26H35N3O3S/c30-26(28-19-17-27(18-20-28)22-24-10-5-2-6-11-24)25-13-15-29(16-14-25)33(31,32)21-7-12-23-8-3-1-4-9-23/h1-6,8-11,25H,7,12-22H2. The molecule has 2 aliphatic rings. The van der Waals surface area contributed by atoms with Crippen LogP contribution < -0.4 is 0 Å². The van der Waals surface area contributed by atoms with E-state index >= 15 is 0 Å². The first-order chi connectivity index (χ1) is 16.0. The van der Waals surface area contributed by atoms with Gasteiger partial charge in [0.15, 0.2) is 0 Å². The summed E-state index contributed by atoms with van der Waals surface area (Å²) in [5.74, 6) is 0.320. The lowest BCUT2D eigenvalue weighted by Crippen LogP contribution is -2.51. The summed E-state index contributed by atoms with van der Waals surface area (Å²) in [7, 11) is -3.26. The molecule has 2 heterocycles. The molecule has 1 amide bonds. The molecular formula is C26H35N3O3S. The first-order valence-electron chi connectivity index (χ1n) is 12.1. The van der Waals surface area contributed by atoms with Crippen molar-refractivity contribution in [2.75, 3.05) is 45.0 Å². The molecular weight excluding hydrogens is 434 g/mol. The fraction of sp³-hybridized carbons (Fsp3) is 0.500. The molecule has 0 spiro atoms. The Morgan fingerprint density at radius 1 is 0.788 bits per heavy atom. The summed E-state index contributed by atoms with van der Waals surface area (Å²) in [5.41, 5.74) is 2.47. The Morgan fingerprint density at radius 3 is 1.97 bits per heavy atom. The second-order valence-corrected chi connectivity index (χ2v) is 11.3. The van der Waals surface area contributed by atoms with E-state index in [1.807, 2.05) is 41.3 Å². The van der Waals surface area contributed by atoms with Gasteiger partial charge in [-0.25, -0.2) is 12.7 Å². The third-order valence-electron chi connectivity index (χ3n) is 6.84. The summed E-state index contributed by atoms with van der Waals surface area (Å²) in [6.45, 7) is 5.11. The summed E-state index contributed by atoms with van der Waals surface area (Å²) in [4.78, 5) is 17.4. The molecule has 0 radical (unpaired) electrons. The third kappa shape index (κ3) is 6.65. The second kappa shape index (κ2) is 11.3. The summed E-state index contributed by atoms with van der Waals surface area (Å²) in [6.07, 6.45) is 2.64. The molecule has 178 valence electrons. The number of piperazine rings is 1. The SMILES string of the molecule is O=C(C1CCN(S(=O)(=O)CCCc2ccccc2)CC1)N1CCN(Cc2ccccc2)CC1. The molecule has 2 saturated heterocycles. The monoisotopic (exact) mass is 469 g/mol. The number of hydrogen-bond donors (Lipinski definition) is 0. The van der Waals surface area contributed by atoms with Gasteiger partial charge in [0.05, 0.1) is 5.75 Å². The van der Waals surface area contributed by atoms with Crippen LogP contribution >= 0.6 is 0 Å². The highest BCUT2D eigenvalue weighted by Crippen LogP contribution is 2.23. The van der Waals surface area contributed by atoms with E-state index in [2.05, 4.69) is 29.2 Å². The van der Waals surface area contributed by atoms with Gasteiger partial charge in [-0.15, -0.1) is 0 Å². The number of aryl methyl sites for hydroxylation is 1. The van der Waals surface area contributed by atoms with Crippen molar-refractivity contribution in [2.24, 2.45) is 5.92 Å². The molecule has 2 aliphatic heterocycles. The van der Waals surface area contributed by atoms with Crippen molar-refractivity contribution in [3.8, 4) is 0 Å². The minimum Gasteiger partial charge on any atom is -0.340 e. The van der Waals surface area contributed by atoms with E-state index in [1.165, 1.54) is 11.1 Å². The molecule has 0 aliphatic carbocycles. The van der Waals surface area contributed by atoms with Crippen molar-refractivity contribution >= 4 is 15.9 Å². The van der Waals surface area contributed by atoms with Gasteiger partial charge in [0.2, 0.25) is 15.9 Å². The minimum absolute atomic E-state index is 0.0542. The van der Waals surface area contributed by atoms with Crippen LogP contribution in [0, 0.1) is 5.92 Å². The Kier molecular flexibility index (Phi) is 8.17. The van der Waals surface area contributed by atoms with Gasteiger partial charge in [-0.3, -0.25) is 9.69 Å². The van der Waals surface area contributed by atoms with E-state index in [0.717, 1.165) is 39.1 Å². The van der Waals surface area contributed by atoms with E-state index in [4.69, 9.17) is 0 Å². The molecule has 0 N–H and O–H groups in total. The lowest BCUT2D eigenvalue weighted by Gasteiger charge is -2.38. The molecule has 6 nitrogen and oxygen atoms in total. The summed E-state index contributed by atoms with van der Waals surface area (Å²) in [6, 6.07) is 20.4. The Bertz CT molecular complexity index is 982. The Balaban J connectivity index is 1.19. The van der Waals surface area contributed by atoms with Gasteiger partial charge >= 0.3 is 0 Å². The molecule has 2 aromatic rings. The van der Waals surface area contributed by atoms with E-state index in [0.29, 0.717) is 32.4 Å². The molecule has 0 saturated carbocycles. The largest absolute Gasteiger partial charge is 0.340 e. The van der Waals surface area contributed by atoms with Crippen LogP contribution in [-0.4, -0.2) is 73.5 Å². The van der Waals surface area contributed by atoms with Gasteiger partial charge in [0.1, 0.15) is 0 Å². The molecule has 2 aromatic carbocycles. The summed E-state index contributed by atoms with van der Waals surface area (Å²) < 4.78 is 27.1. The first kappa shape index (κ1) is 23.9. The predicted octanol–water partition coefficient (Wildman–Crippen LogP) is 3.01. The number of nitrogens with zero attached hydrogens (tertiary/aromatic N) is 3. The smallest absolute Gasteiger partial charge is 0.225 e. The van der Waals surface area contributed by atoms with Crippen molar-refractivity contribution in [1.82, 2.24) is 14.1 Å². The summed E-state index contributed by atoms with van der Waals surface area (Å²) in [5, 5.41) is 0. The molecule has 0 bridgehead atoms. The van der Waals surface area contributed by atoms with Gasteiger partial charge < -0.3 is 4.90 Å². The van der Waals surface area contributed by atoms with Crippen LogP contribution in [0.1, 0.15) is 30.4 Å². The van der Waals surface area contributed by atoms with E-state index in [-0.39, 0.29) is 17.6 Å². The maximum atomic E-state index is 13.0. The highest BCUT2D eigenvalue weighted by atomic mass is 32.2. The molecule has 4 rings (SSSR count). The van der Waals surface area contributed by atoms with Crippen LogP contribution in [0.25, 0.3) is 0 Å². The van der Waals surface area contributed by atoms with E-state index < -0.39 is 10.0 Å². The van der Waals surface area contributed by atoms with Crippen LogP contribution in [0.15, 0.2) is 60.7 Å². The fourth-order valence-electron chi connectivity index (χ4n) is 4.84. The predicted molar refractivity (Wildman–Crippen MR) is 131 cm³/mol. The average molecular weight is 470 g/mol. The molecule has 2 fully saturated rings. The summed E-state index contributed by atoms with van der Waals surface area (Å²) >= 11 is 0. The van der Waals surface area contributed by atoms with Crippen LogP contribution in [-0.2, 0) is 27.8 Å². The normalized spacial score (nSPS) is 19.0. The zero-order valence-electron chi connectivity index (χ0n) is 19.3. The number of hydrogen-bond acceptors (Lipinski definition) is 4. The number of benzene rings is 2. The van der Waals surface area contributed by atoms with Gasteiger partial charge in [0.25, 0.3) is 0 Å². The Morgan fingerprint density at radius 2 is 1.36 bits per heavy atom. The zero-order valence-corrected chi connectivity index (χ0v) is 20.1. The number of rotatable bonds is 8. The molecule has 0 unspecified atom stereocenters. The van der Waals surface area contributed by atoms with Crippen LogP contribution in [0.3, 0.4) is 0 Å². The number of piperidine rings is 1. The highest BCUT2D eigenvalue weighted by molar-refractivity contribution is 7.89. The third-order valence-corrected chi connectivity index (χ3v) is 8.80. The Labute approximate surface area is 198 Å². The van der Waals surface area contributed by atoms with Crippen molar-refractivity contribution in [3.63, 3.8) is 0 Å². The molecule has 0 atom stereocenters. The van der Waals surface area contributed by atoms with Crippen molar-refractivity contribution in [2.45, 2.75) is 32.2 Å². The van der Waals surface area contributed by atoms with E-state index in [9.17, 15) is 13.2 Å². The zero-order chi connectivity index (χ0) is 23.1.